The summed E-state index contributed by atoms with van der Waals surface area (Å²) >= 11 is 1.46. The van der Waals surface area contributed by atoms with Crippen molar-refractivity contribution in [2.24, 2.45) is 0 Å². The fraction of sp³-hybridized carbons (Fsp3) is 0.667. The third kappa shape index (κ3) is 2.84. The Hall–Kier alpha value is -0.940. The molecule has 1 aromatic rings. The van der Waals surface area contributed by atoms with Gasteiger partial charge in [-0.25, -0.2) is 4.98 Å². The fourth-order valence-corrected chi connectivity index (χ4v) is 2.84. The van der Waals surface area contributed by atoms with Crippen molar-refractivity contribution in [2.45, 2.75) is 38.7 Å². The molecule has 17 heavy (non-hydrogen) atoms. The van der Waals surface area contributed by atoms with Crippen molar-refractivity contribution in [2.75, 3.05) is 13.1 Å². The van der Waals surface area contributed by atoms with Crippen molar-refractivity contribution in [1.82, 2.24) is 9.88 Å². The summed E-state index contributed by atoms with van der Waals surface area (Å²) < 4.78 is 0. The highest BCUT2D eigenvalue weighted by Gasteiger charge is 2.24. The number of hydrogen-bond donors (Lipinski definition) is 1. The van der Waals surface area contributed by atoms with Crippen molar-refractivity contribution in [3.63, 3.8) is 0 Å². The summed E-state index contributed by atoms with van der Waals surface area (Å²) in [6.07, 6.45) is 2.96. The summed E-state index contributed by atoms with van der Waals surface area (Å²) in [5, 5.41) is 10.6. The molecule has 1 aliphatic heterocycles. The highest BCUT2D eigenvalue weighted by molar-refractivity contribution is 7.13. The summed E-state index contributed by atoms with van der Waals surface area (Å²) in [6.45, 7) is 5.33. The predicted octanol–water partition coefficient (Wildman–Crippen LogP) is 1.86. The van der Waals surface area contributed by atoms with Crippen LogP contribution in [0.4, 0.5) is 0 Å². The molecule has 0 spiro atoms. The van der Waals surface area contributed by atoms with Crippen LogP contribution in [0.3, 0.4) is 0 Å². The van der Waals surface area contributed by atoms with E-state index < -0.39 is 0 Å². The number of piperidine rings is 1. The van der Waals surface area contributed by atoms with Crippen LogP contribution < -0.4 is 0 Å². The van der Waals surface area contributed by atoms with Gasteiger partial charge in [-0.2, -0.15) is 0 Å². The second kappa shape index (κ2) is 5.14. The minimum absolute atomic E-state index is 0.00755. The molecule has 1 saturated heterocycles. The van der Waals surface area contributed by atoms with Crippen LogP contribution in [0.15, 0.2) is 6.20 Å². The maximum Gasteiger partial charge on any atom is 0.265 e. The third-order valence-electron chi connectivity index (χ3n) is 2.91. The van der Waals surface area contributed by atoms with Gasteiger partial charge in [-0.3, -0.25) is 4.79 Å². The van der Waals surface area contributed by atoms with E-state index in [1.807, 2.05) is 0 Å². The monoisotopic (exact) mass is 254 g/mol. The van der Waals surface area contributed by atoms with Crippen LogP contribution in [0.5, 0.6) is 0 Å². The maximum atomic E-state index is 12.2. The number of amides is 1. The zero-order chi connectivity index (χ0) is 12.4. The number of carbonyl (C=O) groups is 1. The van der Waals surface area contributed by atoms with Gasteiger partial charge in [-0.15, -0.1) is 11.3 Å². The van der Waals surface area contributed by atoms with Crippen molar-refractivity contribution >= 4 is 17.2 Å². The molecule has 1 unspecified atom stereocenters. The molecule has 0 aliphatic carbocycles. The molecule has 1 N–H and O–H groups in total. The van der Waals surface area contributed by atoms with Gasteiger partial charge in [0.1, 0.15) is 4.88 Å². The Morgan fingerprint density at radius 3 is 3.00 bits per heavy atom. The molecule has 2 heterocycles. The molecule has 1 aromatic heterocycles. The number of likely N-dealkylation sites (tertiary alicyclic amines) is 1. The Labute approximate surface area is 105 Å². The standard InChI is InChI=1S/C12H18N2O2S/c1-8(2)11-13-6-10(17-11)12(16)14-5-3-4-9(15)7-14/h6,8-9,15H,3-5,7H2,1-2H3. The summed E-state index contributed by atoms with van der Waals surface area (Å²) in [4.78, 5) is 18.8. The molecule has 0 radical (unpaired) electrons. The molecule has 4 nitrogen and oxygen atoms in total. The second-order valence-electron chi connectivity index (χ2n) is 4.76. The number of aliphatic hydroxyl groups excluding tert-OH is 1. The number of β-amino-alcohol motifs (C(OH)–C–C–N with tert-alkyl or cyclic N) is 1. The number of aliphatic hydroxyl groups is 1. The van der Waals surface area contributed by atoms with Gasteiger partial charge < -0.3 is 10.0 Å². The van der Waals surface area contributed by atoms with E-state index in [0.29, 0.717) is 17.3 Å². The van der Waals surface area contributed by atoms with Crippen LogP contribution in [0.25, 0.3) is 0 Å². The molecular formula is C12H18N2O2S. The fourth-order valence-electron chi connectivity index (χ4n) is 1.95. The molecule has 0 saturated carbocycles. The summed E-state index contributed by atoms with van der Waals surface area (Å²) in [5.41, 5.74) is 0. The first-order chi connectivity index (χ1) is 8.08. The SMILES string of the molecule is CC(C)c1ncc(C(=O)N2CCCC(O)C2)s1. The van der Waals surface area contributed by atoms with Crippen LogP contribution in [-0.2, 0) is 0 Å². The van der Waals surface area contributed by atoms with Crippen molar-refractivity contribution < 1.29 is 9.90 Å². The van der Waals surface area contributed by atoms with Gasteiger partial charge in [0, 0.05) is 19.0 Å². The van der Waals surface area contributed by atoms with Gasteiger partial charge in [-0.1, -0.05) is 13.8 Å². The molecule has 1 atom stereocenters. The number of hydrogen-bond acceptors (Lipinski definition) is 4. The van der Waals surface area contributed by atoms with Crippen LogP contribution in [0, 0.1) is 0 Å². The predicted molar refractivity (Wildman–Crippen MR) is 67.3 cm³/mol. The first-order valence-corrected chi connectivity index (χ1v) is 6.82. The minimum Gasteiger partial charge on any atom is -0.391 e. The van der Waals surface area contributed by atoms with Crippen molar-refractivity contribution in [1.29, 1.82) is 0 Å². The van der Waals surface area contributed by atoms with Gasteiger partial charge in [-0.05, 0) is 12.8 Å². The lowest BCUT2D eigenvalue weighted by atomic mass is 10.1. The lowest BCUT2D eigenvalue weighted by Crippen LogP contribution is -2.41. The minimum atomic E-state index is -0.370. The number of rotatable bonds is 2. The first-order valence-electron chi connectivity index (χ1n) is 6.01. The summed E-state index contributed by atoms with van der Waals surface area (Å²) in [7, 11) is 0. The Balaban J connectivity index is 2.07. The smallest absolute Gasteiger partial charge is 0.265 e. The molecule has 1 amide bonds. The van der Waals surface area contributed by atoms with E-state index in [1.165, 1.54) is 11.3 Å². The molecule has 94 valence electrons. The largest absolute Gasteiger partial charge is 0.391 e. The normalized spacial score (nSPS) is 20.9. The van der Waals surface area contributed by atoms with E-state index in [4.69, 9.17) is 0 Å². The zero-order valence-corrected chi connectivity index (χ0v) is 11.0. The van der Waals surface area contributed by atoms with Gasteiger partial charge in [0.05, 0.1) is 17.3 Å². The molecular weight excluding hydrogens is 236 g/mol. The lowest BCUT2D eigenvalue weighted by molar-refractivity contribution is 0.0477. The number of carbonyl (C=O) groups excluding carboxylic acids is 1. The first kappa shape index (κ1) is 12.5. The summed E-state index contributed by atoms with van der Waals surface area (Å²) in [5.74, 6) is 0.363. The van der Waals surface area contributed by atoms with Crippen molar-refractivity contribution in [3.8, 4) is 0 Å². The van der Waals surface area contributed by atoms with Crippen LogP contribution in [0.1, 0.15) is 47.3 Å². The highest BCUT2D eigenvalue weighted by Crippen LogP contribution is 2.23. The van der Waals surface area contributed by atoms with E-state index >= 15 is 0 Å². The van der Waals surface area contributed by atoms with E-state index in [-0.39, 0.29) is 12.0 Å². The Morgan fingerprint density at radius 1 is 1.65 bits per heavy atom. The average molecular weight is 254 g/mol. The Kier molecular flexibility index (Phi) is 3.79. The van der Waals surface area contributed by atoms with Crippen molar-refractivity contribution in [3.05, 3.63) is 16.1 Å². The molecule has 5 heteroatoms. The van der Waals surface area contributed by atoms with Crippen LogP contribution >= 0.6 is 11.3 Å². The molecule has 1 fully saturated rings. The third-order valence-corrected chi connectivity index (χ3v) is 4.20. The topological polar surface area (TPSA) is 53.4 Å². The molecule has 0 bridgehead atoms. The quantitative estimate of drug-likeness (QED) is 0.876. The number of thiazole rings is 1. The van der Waals surface area contributed by atoms with Gasteiger partial charge in [0.25, 0.3) is 5.91 Å². The van der Waals surface area contributed by atoms with E-state index in [0.717, 1.165) is 24.4 Å². The highest BCUT2D eigenvalue weighted by atomic mass is 32.1. The Bertz CT molecular complexity index is 403. The zero-order valence-electron chi connectivity index (χ0n) is 10.2. The number of aromatic nitrogens is 1. The van der Waals surface area contributed by atoms with E-state index in [9.17, 15) is 9.90 Å². The molecule has 1 aliphatic rings. The van der Waals surface area contributed by atoms with Gasteiger partial charge in [0.2, 0.25) is 0 Å². The van der Waals surface area contributed by atoms with Gasteiger partial charge in [0.15, 0.2) is 0 Å². The van der Waals surface area contributed by atoms with Gasteiger partial charge >= 0.3 is 0 Å². The van der Waals surface area contributed by atoms with Crippen LogP contribution in [-0.4, -0.2) is 40.1 Å². The maximum absolute atomic E-state index is 12.2. The Morgan fingerprint density at radius 2 is 2.41 bits per heavy atom. The lowest BCUT2D eigenvalue weighted by Gasteiger charge is -2.29. The molecule has 2 rings (SSSR count). The second-order valence-corrected chi connectivity index (χ2v) is 5.83. The molecule has 0 aromatic carbocycles. The average Bonchev–Trinajstić information content (AvgIpc) is 2.77. The van der Waals surface area contributed by atoms with Crippen LogP contribution in [0.2, 0.25) is 0 Å². The van der Waals surface area contributed by atoms with E-state index in [1.54, 1.807) is 11.1 Å². The van der Waals surface area contributed by atoms with E-state index in [2.05, 4.69) is 18.8 Å². The number of nitrogens with zero attached hydrogens (tertiary/aromatic N) is 2. The summed E-state index contributed by atoms with van der Waals surface area (Å²) in [6, 6.07) is 0.